The Bertz CT molecular complexity index is 1370. The summed E-state index contributed by atoms with van der Waals surface area (Å²) in [6.07, 6.45) is 5.28. The molecule has 33 heavy (non-hydrogen) atoms. The van der Waals surface area contributed by atoms with Crippen LogP contribution < -0.4 is 10.1 Å². The zero-order valence-corrected chi connectivity index (χ0v) is 18.5. The zero-order valence-electron chi connectivity index (χ0n) is 18.5. The molecular weight excluding hydrogens is 422 g/mol. The van der Waals surface area contributed by atoms with Crippen LogP contribution in [0.2, 0.25) is 0 Å². The molecule has 4 aromatic rings. The first-order valence-corrected chi connectivity index (χ1v) is 10.6. The van der Waals surface area contributed by atoms with Gasteiger partial charge in [-0.15, -0.1) is 5.10 Å². The summed E-state index contributed by atoms with van der Waals surface area (Å²) in [7, 11) is 5.19. The number of imidazole rings is 1. The number of hydrogen-bond acceptors (Lipinski definition) is 6. The van der Waals surface area contributed by atoms with Crippen molar-refractivity contribution in [2.24, 2.45) is 7.05 Å². The summed E-state index contributed by atoms with van der Waals surface area (Å²) in [6.45, 7) is 0.635. The largest absolute Gasteiger partial charge is 0.463 e. The SMILES string of the molecule is CNC(=O)c1cccc(-c2cnc3cc(-c4cnn(C)c4)c(OC4CCN(C)C4=O)nn23)c1. The molecular formula is C23H23N7O3. The van der Waals surface area contributed by atoms with E-state index in [1.807, 2.05) is 31.4 Å². The Labute approximate surface area is 189 Å². The van der Waals surface area contributed by atoms with Crippen molar-refractivity contribution >= 4 is 17.5 Å². The first kappa shape index (κ1) is 20.7. The van der Waals surface area contributed by atoms with Gasteiger partial charge in [-0.05, 0) is 18.2 Å². The van der Waals surface area contributed by atoms with Crippen LogP contribution in [-0.4, -0.2) is 67.8 Å². The Balaban J connectivity index is 1.63. The third-order valence-corrected chi connectivity index (χ3v) is 5.75. The van der Waals surface area contributed by atoms with Crippen molar-refractivity contribution in [1.29, 1.82) is 0 Å². The summed E-state index contributed by atoms with van der Waals surface area (Å²) in [4.78, 5) is 30.8. The van der Waals surface area contributed by atoms with Gasteiger partial charge < -0.3 is 15.0 Å². The van der Waals surface area contributed by atoms with Gasteiger partial charge in [0.25, 0.3) is 11.8 Å². The average molecular weight is 445 g/mol. The Hall–Kier alpha value is -4.21. The van der Waals surface area contributed by atoms with Gasteiger partial charge in [0, 0.05) is 57.0 Å². The third-order valence-electron chi connectivity index (χ3n) is 5.75. The van der Waals surface area contributed by atoms with Crippen LogP contribution in [0, 0.1) is 0 Å². The fourth-order valence-electron chi connectivity index (χ4n) is 3.95. The summed E-state index contributed by atoms with van der Waals surface area (Å²) in [5.41, 5.74) is 4.15. The topological polar surface area (TPSA) is 107 Å². The minimum atomic E-state index is -0.598. The summed E-state index contributed by atoms with van der Waals surface area (Å²) < 4.78 is 9.51. The number of likely N-dealkylation sites (N-methyl/N-ethyl adjacent to an activating group) is 1. The fraction of sp³-hybridized carbons (Fsp3) is 0.261. The minimum absolute atomic E-state index is 0.0711. The van der Waals surface area contributed by atoms with Gasteiger partial charge in [-0.3, -0.25) is 14.3 Å². The van der Waals surface area contributed by atoms with Crippen LogP contribution in [0.3, 0.4) is 0 Å². The number of carbonyl (C=O) groups is 2. The molecule has 1 aromatic carbocycles. The van der Waals surface area contributed by atoms with Crippen molar-refractivity contribution in [3.05, 3.63) is 54.5 Å². The normalized spacial score (nSPS) is 15.9. The van der Waals surface area contributed by atoms with Crippen LogP contribution in [0.1, 0.15) is 16.8 Å². The molecule has 10 nitrogen and oxygen atoms in total. The van der Waals surface area contributed by atoms with Crippen molar-refractivity contribution < 1.29 is 14.3 Å². The number of carbonyl (C=O) groups excluding carboxylic acids is 2. The second-order valence-electron chi connectivity index (χ2n) is 7.99. The zero-order chi connectivity index (χ0) is 23.1. The Morgan fingerprint density at radius 2 is 2.03 bits per heavy atom. The maximum Gasteiger partial charge on any atom is 0.263 e. The van der Waals surface area contributed by atoms with E-state index in [9.17, 15) is 9.59 Å². The lowest BCUT2D eigenvalue weighted by Gasteiger charge is -2.15. The predicted octanol–water partition coefficient (Wildman–Crippen LogP) is 1.77. The number of nitrogens with zero attached hydrogens (tertiary/aromatic N) is 6. The third kappa shape index (κ3) is 3.69. The lowest BCUT2D eigenvalue weighted by atomic mass is 10.1. The van der Waals surface area contributed by atoms with E-state index in [1.54, 1.807) is 52.7 Å². The molecule has 0 radical (unpaired) electrons. The first-order chi connectivity index (χ1) is 15.9. The van der Waals surface area contributed by atoms with Gasteiger partial charge in [0.1, 0.15) is 0 Å². The van der Waals surface area contributed by atoms with Crippen LogP contribution in [0.4, 0.5) is 0 Å². The van der Waals surface area contributed by atoms with Crippen molar-refractivity contribution in [1.82, 2.24) is 34.6 Å². The molecule has 0 aliphatic carbocycles. The molecule has 2 amide bonds. The summed E-state index contributed by atoms with van der Waals surface area (Å²) in [6, 6.07) is 9.11. The number of hydrogen-bond donors (Lipinski definition) is 1. The molecule has 1 saturated heterocycles. The molecule has 5 rings (SSSR count). The average Bonchev–Trinajstić information content (AvgIpc) is 3.53. The van der Waals surface area contributed by atoms with Gasteiger partial charge in [-0.1, -0.05) is 12.1 Å². The van der Waals surface area contributed by atoms with E-state index in [0.29, 0.717) is 41.3 Å². The van der Waals surface area contributed by atoms with Crippen LogP contribution in [0.15, 0.2) is 48.9 Å². The van der Waals surface area contributed by atoms with Crippen LogP contribution >= 0.6 is 0 Å². The second-order valence-corrected chi connectivity index (χ2v) is 7.99. The van der Waals surface area contributed by atoms with Gasteiger partial charge in [0.15, 0.2) is 11.8 Å². The van der Waals surface area contributed by atoms with Crippen molar-refractivity contribution in [2.45, 2.75) is 12.5 Å². The van der Waals surface area contributed by atoms with Gasteiger partial charge in [-0.25, -0.2) is 9.50 Å². The summed E-state index contributed by atoms with van der Waals surface area (Å²) in [5, 5.41) is 11.6. The molecule has 4 heterocycles. The van der Waals surface area contributed by atoms with E-state index in [1.165, 1.54) is 0 Å². The molecule has 0 saturated carbocycles. The Morgan fingerprint density at radius 3 is 2.73 bits per heavy atom. The smallest absolute Gasteiger partial charge is 0.263 e. The molecule has 1 unspecified atom stereocenters. The van der Waals surface area contributed by atoms with Crippen LogP contribution in [0.5, 0.6) is 5.88 Å². The van der Waals surface area contributed by atoms with Crippen molar-refractivity contribution in [2.75, 3.05) is 20.6 Å². The predicted molar refractivity (Wildman–Crippen MR) is 121 cm³/mol. The highest BCUT2D eigenvalue weighted by molar-refractivity contribution is 5.95. The number of likely N-dealkylation sites (tertiary alicyclic amines) is 1. The molecule has 3 aromatic heterocycles. The van der Waals surface area contributed by atoms with Crippen LogP contribution in [0.25, 0.3) is 28.0 Å². The second kappa shape index (κ2) is 8.05. The molecule has 1 aliphatic rings. The van der Waals surface area contributed by atoms with Gasteiger partial charge in [-0.2, -0.15) is 5.10 Å². The van der Waals surface area contributed by atoms with Gasteiger partial charge in [0.05, 0.1) is 23.7 Å². The molecule has 1 atom stereocenters. The van der Waals surface area contributed by atoms with Crippen LogP contribution in [-0.2, 0) is 11.8 Å². The molecule has 1 N–H and O–H groups in total. The molecule has 1 fully saturated rings. The highest BCUT2D eigenvalue weighted by Crippen LogP contribution is 2.32. The number of aromatic nitrogens is 5. The van der Waals surface area contributed by atoms with E-state index in [0.717, 1.165) is 11.1 Å². The van der Waals surface area contributed by atoms with E-state index in [4.69, 9.17) is 9.84 Å². The Morgan fingerprint density at radius 1 is 1.18 bits per heavy atom. The molecule has 168 valence electrons. The molecule has 0 spiro atoms. The number of fused-ring (bicyclic) bond motifs is 1. The lowest BCUT2D eigenvalue weighted by Crippen LogP contribution is -2.30. The maximum absolute atomic E-state index is 12.5. The van der Waals surface area contributed by atoms with Gasteiger partial charge >= 0.3 is 0 Å². The van der Waals surface area contributed by atoms with E-state index in [2.05, 4.69) is 15.4 Å². The molecule has 10 heteroatoms. The first-order valence-electron chi connectivity index (χ1n) is 10.6. The van der Waals surface area contributed by atoms with Gasteiger partial charge in [0.2, 0.25) is 5.88 Å². The number of rotatable bonds is 5. The lowest BCUT2D eigenvalue weighted by molar-refractivity contribution is -0.132. The highest BCUT2D eigenvalue weighted by Gasteiger charge is 2.32. The number of aryl methyl sites for hydroxylation is 1. The number of ether oxygens (including phenoxy) is 1. The number of nitrogens with one attached hydrogen (secondary N) is 1. The Kier molecular flexibility index (Phi) is 5.04. The van der Waals surface area contributed by atoms with E-state index >= 15 is 0 Å². The van der Waals surface area contributed by atoms with Crippen molar-refractivity contribution in [3.8, 4) is 28.3 Å². The highest BCUT2D eigenvalue weighted by atomic mass is 16.5. The van der Waals surface area contributed by atoms with E-state index < -0.39 is 6.10 Å². The monoisotopic (exact) mass is 445 g/mol. The molecule has 0 bridgehead atoms. The fourth-order valence-corrected chi connectivity index (χ4v) is 3.95. The maximum atomic E-state index is 12.5. The summed E-state index contributed by atoms with van der Waals surface area (Å²) >= 11 is 0. The minimum Gasteiger partial charge on any atom is -0.463 e. The number of amides is 2. The standard InChI is InChI=1S/C23H23N7O3/c1-24-21(31)15-6-4-5-14(9-15)18-12-25-20-10-17(16-11-26-29(3)13-16)22(27-30(18)20)33-19-7-8-28(2)23(19)32/h4-6,9-13,19H,7-8H2,1-3H3,(H,24,31). The molecule has 1 aliphatic heterocycles. The summed E-state index contributed by atoms with van der Waals surface area (Å²) in [5.74, 6) is 0.0782. The number of benzene rings is 1. The quantitative estimate of drug-likeness (QED) is 0.502. The van der Waals surface area contributed by atoms with E-state index in [-0.39, 0.29) is 11.8 Å². The van der Waals surface area contributed by atoms with Crippen molar-refractivity contribution in [3.63, 3.8) is 0 Å².